The van der Waals surface area contributed by atoms with E-state index in [4.69, 9.17) is 5.11 Å². The molecule has 0 saturated heterocycles. The molecule has 0 fully saturated rings. The average Bonchev–Trinajstić information content (AvgIpc) is 2.81. The summed E-state index contributed by atoms with van der Waals surface area (Å²) in [5, 5.41) is 14.2. The number of amides is 1. The summed E-state index contributed by atoms with van der Waals surface area (Å²) in [6.07, 6.45) is -2.95. The van der Waals surface area contributed by atoms with Crippen LogP contribution in [0.25, 0.3) is 5.82 Å². The van der Waals surface area contributed by atoms with Crippen LogP contribution in [0.4, 0.5) is 19.0 Å². The summed E-state index contributed by atoms with van der Waals surface area (Å²) in [7, 11) is 0. The largest absolute Gasteiger partial charge is 0.477 e. The molecule has 2 aromatic heterocycles. The first-order chi connectivity index (χ1) is 10.2. The molecule has 0 spiro atoms. The molecule has 0 unspecified atom stereocenters. The van der Waals surface area contributed by atoms with Gasteiger partial charge in [-0.2, -0.15) is 23.0 Å². The van der Waals surface area contributed by atoms with E-state index in [0.29, 0.717) is 0 Å². The van der Waals surface area contributed by atoms with Crippen molar-refractivity contribution in [2.75, 3.05) is 5.32 Å². The van der Waals surface area contributed by atoms with Crippen LogP contribution in [0.1, 0.15) is 15.9 Å². The summed E-state index contributed by atoms with van der Waals surface area (Å²) in [5.74, 6) is -4.38. The lowest BCUT2D eigenvalue weighted by Gasteiger charge is -2.11. The molecule has 0 bridgehead atoms. The third-order valence-corrected chi connectivity index (χ3v) is 2.61. The van der Waals surface area contributed by atoms with E-state index in [1.807, 2.05) is 0 Å². The number of pyridine rings is 1. The summed E-state index contributed by atoms with van der Waals surface area (Å²) in [4.78, 5) is 26.0. The number of aromatic nitrogens is 3. The Morgan fingerprint density at radius 1 is 1.36 bits per heavy atom. The zero-order chi connectivity index (χ0) is 16.5. The smallest absolute Gasteiger partial charge is 0.471 e. The maximum absolute atomic E-state index is 12.4. The van der Waals surface area contributed by atoms with E-state index >= 15 is 0 Å². The van der Waals surface area contributed by atoms with E-state index in [1.54, 1.807) is 13.0 Å². The summed E-state index contributed by atoms with van der Waals surface area (Å²) in [5.41, 5.74) is 0.145. The monoisotopic (exact) mass is 314 g/mol. The van der Waals surface area contributed by atoms with Gasteiger partial charge in [-0.1, -0.05) is 0 Å². The highest BCUT2D eigenvalue weighted by atomic mass is 19.4. The molecule has 7 nitrogen and oxygen atoms in total. The van der Waals surface area contributed by atoms with Crippen LogP contribution in [0, 0.1) is 6.92 Å². The summed E-state index contributed by atoms with van der Waals surface area (Å²) >= 11 is 0. The maximum atomic E-state index is 12.4. The Morgan fingerprint density at radius 2 is 2.05 bits per heavy atom. The molecule has 0 atom stereocenters. The topological polar surface area (TPSA) is 97.1 Å². The van der Waals surface area contributed by atoms with Gasteiger partial charge in [-0.05, 0) is 24.6 Å². The predicted octanol–water partition coefficient (Wildman–Crippen LogP) is 1.77. The van der Waals surface area contributed by atoms with Crippen LogP contribution in [-0.2, 0) is 4.79 Å². The molecule has 10 heteroatoms. The first-order valence-electron chi connectivity index (χ1n) is 5.82. The van der Waals surface area contributed by atoms with Gasteiger partial charge in [0.05, 0.1) is 6.20 Å². The van der Waals surface area contributed by atoms with E-state index in [9.17, 15) is 22.8 Å². The lowest BCUT2D eigenvalue weighted by molar-refractivity contribution is -0.167. The Morgan fingerprint density at radius 3 is 2.59 bits per heavy atom. The molecular formula is C12H9F3N4O3. The first kappa shape index (κ1) is 15.5. The number of nitrogens with one attached hydrogen (secondary N) is 1. The number of aryl methyl sites for hydroxylation is 1. The highest BCUT2D eigenvalue weighted by Gasteiger charge is 2.40. The van der Waals surface area contributed by atoms with Gasteiger partial charge >= 0.3 is 18.1 Å². The lowest BCUT2D eigenvalue weighted by atomic mass is 10.3. The van der Waals surface area contributed by atoms with Crippen LogP contribution in [0.3, 0.4) is 0 Å². The number of carbonyl (C=O) groups is 2. The number of carbonyl (C=O) groups excluding carboxylic acids is 1. The minimum absolute atomic E-state index is 0.0741. The van der Waals surface area contributed by atoms with Crippen molar-refractivity contribution in [2.45, 2.75) is 13.1 Å². The molecule has 2 aromatic rings. The van der Waals surface area contributed by atoms with Gasteiger partial charge in [0.25, 0.3) is 0 Å². The molecule has 0 aliphatic carbocycles. The maximum Gasteiger partial charge on any atom is 0.471 e. The van der Waals surface area contributed by atoms with E-state index < -0.39 is 29.4 Å². The standard InChI is InChI=1S/C12H9F3N4O3/c1-6-2-3-16-8(4-6)19-9(7(5-17-19)10(20)21)18-11(22)12(13,14)15/h2-5H,1H3,(H,18,22)(H,20,21). The third kappa shape index (κ3) is 3.05. The SMILES string of the molecule is Cc1ccnc(-n2ncc(C(=O)O)c2NC(=O)C(F)(F)F)c1. The fourth-order valence-corrected chi connectivity index (χ4v) is 1.61. The van der Waals surface area contributed by atoms with E-state index in [-0.39, 0.29) is 5.82 Å². The number of halogens is 3. The normalized spacial score (nSPS) is 11.3. The third-order valence-electron chi connectivity index (χ3n) is 2.61. The quantitative estimate of drug-likeness (QED) is 0.900. The van der Waals surface area contributed by atoms with Crippen molar-refractivity contribution in [2.24, 2.45) is 0 Å². The Labute approximate surface area is 121 Å². The van der Waals surface area contributed by atoms with Gasteiger partial charge in [-0.3, -0.25) is 4.79 Å². The Bertz CT molecular complexity index is 739. The Hall–Kier alpha value is -2.91. The predicted molar refractivity (Wildman–Crippen MR) is 67.7 cm³/mol. The van der Waals surface area contributed by atoms with Crippen molar-refractivity contribution < 1.29 is 27.9 Å². The zero-order valence-electron chi connectivity index (χ0n) is 11.0. The lowest BCUT2D eigenvalue weighted by Crippen LogP contribution is -2.31. The van der Waals surface area contributed by atoms with Crippen molar-refractivity contribution in [3.05, 3.63) is 35.7 Å². The van der Waals surface area contributed by atoms with Crippen molar-refractivity contribution >= 4 is 17.7 Å². The number of carboxylic acids is 1. The molecule has 0 aromatic carbocycles. The summed E-state index contributed by atoms with van der Waals surface area (Å²) < 4.78 is 37.9. The molecule has 2 rings (SSSR count). The second kappa shape index (κ2) is 5.47. The van der Waals surface area contributed by atoms with Gasteiger partial charge in [0, 0.05) is 6.20 Å². The van der Waals surface area contributed by atoms with E-state index in [2.05, 4.69) is 10.1 Å². The highest BCUT2D eigenvalue weighted by Crippen LogP contribution is 2.23. The van der Waals surface area contributed by atoms with Gasteiger partial charge in [0.1, 0.15) is 5.56 Å². The molecule has 0 aliphatic heterocycles. The number of nitrogens with zero attached hydrogens (tertiary/aromatic N) is 3. The van der Waals surface area contributed by atoms with Crippen molar-refractivity contribution in [3.8, 4) is 5.82 Å². The van der Waals surface area contributed by atoms with Gasteiger partial charge < -0.3 is 10.4 Å². The number of alkyl halides is 3. The highest BCUT2D eigenvalue weighted by molar-refractivity contribution is 6.01. The van der Waals surface area contributed by atoms with Crippen LogP contribution < -0.4 is 5.32 Å². The second-order valence-corrected chi connectivity index (χ2v) is 4.27. The second-order valence-electron chi connectivity index (χ2n) is 4.27. The van der Waals surface area contributed by atoms with E-state index in [1.165, 1.54) is 17.6 Å². The average molecular weight is 314 g/mol. The molecule has 2 heterocycles. The number of anilines is 1. The number of aromatic carboxylic acids is 1. The number of carboxylic acid groups (broad SMARTS) is 1. The molecular weight excluding hydrogens is 305 g/mol. The van der Waals surface area contributed by atoms with Gasteiger partial charge in [-0.15, -0.1) is 0 Å². The summed E-state index contributed by atoms with van der Waals surface area (Å²) in [6.45, 7) is 1.71. The van der Waals surface area contributed by atoms with Gasteiger partial charge in [0.2, 0.25) is 0 Å². The molecule has 22 heavy (non-hydrogen) atoms. The van der Waals surface area contributed by atoms with E-state index in [0.717, 1.165) is 16.4 Å². The fraction of sp³-hybridized carbons (Fsp3) is 0.167. The molecule has 116 valence electrons. The Kier molecular flexibility index (Phi) is 3.85. The number of rotatable bonds is 3. The zero-order valence-corrected chi connectivity index (χ0v) is 11.0. The molecule has 1 amide bonds. The van der Waals surface area contributed by atoms with Crippen molar-refractivity contribution in [1.29, 1.82) is 0 Å². The van der Waals surface area contributed by atoms with Crippen LogP contribution in [0.2, 0.25) is 0 Å². The van der Waals surface area contributed by atoms with Crippen molar-refractivity contribution in [1.82, 2.24) is 14.8 Å². The van der Waals surface area contributed by atoms with Crippen molar-refractivity contribution in [3.63, 3.8) is 0 Å². The minimum atomic E-state index is -5.16. The molecule has 0 radical (unpaired) electrons. The minimum Gasteiger partial charge on any atom is -0.477 e. The van der Waals surface area contributed by atoms with Crippen LogP contribution in [0.5, 0.6) is 0 Å². The fourth-order valence-electron chi connectivity index (χ4n) is 1.61. The van der Waals surface area contributed by atoms with Crippen LogP contribution >= 0.6 is 0 Å². The molecule has 0 aliphatic rings. The molecule has 0 saturated carbocycles. The summed E-state index contributed by atoms with van der Waals surface area (Å²) in [6, 6.07) is 3.11. The molecule has 2 N–H and O–H groups in total. The number of hydrogen-bond donors (Lipinski definition) is 2. The van der Waals surface area contributed by atoms with Gasteiger partial charge in [-0.25, -0.2) is 9.78 Å². The first-order valence-corrected chi connectivity index (χ1v) is 5.82. The van der Waals surface area contributed by atoms with Crippen LogP contribution in [0.15, 0.2) is 24.5 Å². The van der Waals surface area contributed by atoms with Crippen LogP contribution in [-0.4, -0.2) is 37.9 Å². The Balaban J connectivity index is 2.52. The number of hydrogen-bond acceptors (Lipinski definition) is 4. The van der Waals surface area contributed by atoms with Gasteiger partial charge in [0.15, 0.2) is 11.6 Å².